The monoisotopic (exact) mass is 365 g/mol. The van der Waals surface area contributed by atoms with E-state index in [-0.39, 0.29) is 5.41 Å². The standard InChI is InChI=1S/C19H19N5OS/c1-12-8-16(24-18(22-12)20-11-21-24)25-14-7-5-6-13(9-14)17-23-15(10-26-17)19(2,3)4/h5-11H,1-4H3. The van der Waals surface area contributed by atoms with Crippen molar-refractivity contribution in [2.75, 3.05) is 0 Å². The van der Waals surface area contributed by atoms with Crippen LogP contribution in [0.25, 0.3) is 16.3 Å². The topological polar surface area (TPSA) is 65.2 Å². The van der Waals surface area contributed by atoms with Crippen LogP contribution in [0.15, 0.2) is 42.0 Å². The maximum absolute atomic E-state index is 6.06. The molecule has 0 radical (unpaired) electrons. The van der Waals surface area contributed by atoms with E-state index in [4.69, 9.17) is 9.72 Å². The molecule has 3 aromatic heterocycles. The van der Waals surface area contributed by atoms with Gasteiger partial charge >= 0.3 is 0 Å². The fraction of sp³-hybridized carbons (Fsp3) is 0.263. The average molecular weight is 365 g/mol. The Morgan fingerprint density at radius 2 is 1.96 bits per heavy atom. The fourth-order valence-electron chi connectivity index (χ4n) is 2.53. The van der Waals surface area contributed by atoms with Crippen molar-refractivity contribution < 1.29 is 4.74 Å². The molecule has 0 N–H and O–H groups in total. The van der Waals surface area contributed by atoms with Gasteiger partial charge in [-0.15, -0.1) is 11.3 Å². The van der Waals surface area contributed by atoms with Crippen LogP contribution in [0.4, 0.5) is 0 Å². The molecular formula is C19H19N5OS. The number of aromatic nitrogens is 5. The van der Waals surface area contributed by atoms with Gasteiger partial charge in [-0.25, -0.2) is 9.97 Å². The summed E-state index contributed by atoms with van der Waals surface area (Å²) in [4.78, 5) is 13.2. The van der Waals surface area contributed by atoms with Crippen molar-refractivity contribution >= 4 is 17.1 Å². The normalized spacial score (nSPS) is 11.8. The van der Waals surface area contributed by atoms with Gasteiger partial charge in [0.25, 0.3) is 5.78 Å². The van der Waals surface area contributed by atoms with E-state index in [0.717, 1.165) is 27.7 Å². The van der Waals surface area contributed by atoms with E-state index in [0.29, 0.717) is 11.7 Å². The van der Waals surface area contributed by atoms with Crippen molar-refractivity contribution in [2.24, 2.45) is 0 Å². The third kappa shape index (κ3) is 3.17. The lowest BCUT2D eigenvalue weighted by Crippen LogP contribution is -2.11. The first-order chi connectivity index (χ1) is 12.4. The van der Waals surface area contributed by atoms with E-state index >= 15 is 0 Å². The molecule has 0 aliphatic rings. The van der Waals surface area contributed by atoms with Gasteiger partial charge in [0.05, 0.1) is 5.69 Å². The Morgan fingerprint density at radius 3 is 2.73 bits per heavy atom. The summed E-state index contributed by atoms with van der Waals surface area (Å²) in [6, 6.07) is 9.76. The summed E-state index contributed by atoms with van der Waals surface area (Å²) in [6.45, 7) is 8.41. The van der Waals surface area contributed by atoms with Gasteiger partial charge in [0.2, 0.25) is 5.88 Å². The van der Waals surface area contributed by atoms with Crippen LogP contribution in [0, 0.1) is 6.92 Å². The lowest BCUT2D eigenvalue weighted by Gasteiger charge is -2.14. The van der Waals surface area contributed by atoms with E-state index in [1.807, 2.05) is 37.3 Å². The number of thiazole rings is 1. The zero-order valence-electron chi connectivity index (χ0n) is 15.1. The smallest absolute Gasteiger partial charge is 0.255 e. The lowest BCUT2D eigenvalue weighted by molar-refractivity contribution is 0.445. The number of benzene rings is 1. The SMILES string of the molecule is Cc1cc(Oc2cccc(-c3nc(C(C)(C)C)cs3)c2)n2ncnc2n1. The lowest BCUT2D eigenvalue weighted by atomic mass is 9.93. The highest BCUT2D eigenvalue weighted by Crippen LogP contribution is 2.32. The fourth-order valence-corrected chi connectivity index (χ4v) is 3.58. The van der Waals surface area contributed by atoms with Crippen molar-refractivity contribution in [3.05, 3.63) is 53.4 Å². The second-order valence-corrected chi connectivity index (χ2v) is 7.98. The molecule has 0 unspecified atom stereocenters. The summed E-state index contributed by atoms with van der Waals surface area (Å²) in [7, 11) is 0. The third-order valence-electron chi connectivity index (χ3n) is 3.92. The Morgan fingerprint density at radius 1 is 1.12 bits per heavy atom. The van der Waals surface area contributed by atoms with Crippen LogP contribution in [0.2, 0.25) is 0 Å². The molecule has 6 nitrogen and oxygen atoms in total. The number of ether oxygens (including phenoxy) is 1. The summed E-state index contributed by atoms with van der Waals surface area (Å²) >= 11 is 1.65. The first kappa shape index (κ1) is 16.7. The van der Waals surface area contributed by atoms with Crippen LogP contribution in [0.5, 0.6) is 11.6 Å². The first-order valence-electron chi connectivity index (χ1n) is 8.32. The second kappa shape index (κ2) is 6.17. The minimum atomic E-state index is 0.0378. The van der Waals surface area contributed by atoms with Gasteiger partial charge in [-0.2, -0.15) is 14.6 Å². The maximum atomic E-state index is 6.06. The highest BCUT2D eigenvalue weighted by atomic mass is 32.1. The molecule has 132 valence electrons. The van der Waals surface area contributed by atoms with Crippen LogP contribution in [0.1, 0.15) is 32.2 Å². The summed E-state index contributed by atoms with van der Waals surface area (Å²) in [5, 5.41) is 7.28. The number of hydrogen-bond donors (Lipinski definition) is 0. The molecule has 0 saturated carbocycles. The van der Waals surface area contributed by atoms with Crippen LogP contribution in [-0.2, 0) is 5.41 Å². The van der Waals surface area contributed by atoms with Crippen LogP contribution < -0.4 is 4.74 Å². The van der Waals surface area contributed by atoms with E-state index in [1.165, 1.54) is 6.33 Å². The molecule has 0 bridgehead atoms. The predicted molar refractivity (Wildman–Crippen MR) is 102 cm³/mol. The number of fused-ring (bicyclic) bond motifs is 1. The first-order valence-corrected chi connectivity index (χ1v) is 9.20. The Labute approximate surface area is 155 Å². The second-order valence-electron chi connectivity index (χ2n) is 7.13. The summed E-state index contributed by atoms with van der Waals surface area (Å²) in [5.41, 5.74) is 2.99. The van der Waals surface area contributed by atoms with Crippen LogP contribution in [-0.4, -0.2) is 24.6 Å². The van der Waals surface area contributed by atoms with Gasteiger partial charge in [-0.1, -0.05) is 32.9 Å². The molecule has 0 fully saturated rings. The van der Waals surface area contributed by atoms with Crippen LogP contribution >= 0.6 is 11.3 Å². The molecular weight excluding hydrogens is 346 g/mol. The minimum Gasteiger partial charge on any atom is -0.439 e. The minimum absolute atomic E-state index is 0.0378. The van der Waals surface area contributed by atoms with Gasteiger partial charge in [0, 0.05) is 28.1 Å². The summed E-state index contributed by atoms with van der Waals surface area (Å²) in [5.74, 6) is 1.82. The molecule has 0 amide bonds. The van der Waals surface area contributed by atoms with E-state index in [2.05, 4.69) is 41.2 Å². The van der Waals surface area contributed by atoms with Gasteiger partial charge in [-0.3, -0.25) is 0 Å². The number of nitrogens with zero attached hydrogens (tertiary/aromatic N) is 5. The average Bonchev–Trinajstić information content (AvgIpc) is 3.24. The molecule has 7 heteroatoms. The van der Waals surface area contributed by atoms with E-state index in [1.54, 1.807) is 15.9 Å². The van der Waals surface area contributed by atoms with Crippen LogP contribution in [0.3, 0.4) is 0 Å². The molecule has 3 heterocycles. The van der Waals surface area contributed by atoms with Crippen molar-refractivity contribution in [1.82, 2.24) is 24.6 Å². The van der Waals surface area contributed by atoms with E-state index < -0.39 is 0 Å². The number of aryl methyl sites for hydroxylation is 1. The van der Waals surface area contributed by atoms with Crippen molar-refractivity contribution in [2.45, 2.75) is 33.1 Å². The van der Waals surface area contributed by atoms with Crippen molar-refractivity contribution in [3.63, 3.8) is 0 Å². The highest BCUT2D eigenvalue weighted by molar-refractivity contribution is 7.13. The quantitative estimate of drug-likeness (QED) is 0.529. The summed E-state index contributed by atoms with van der Waals surface area (Å²) in [6.07, 6.45) is 1.47. The molecule has 0 aliphatic heterocycles. The molecule has 26 heavy (non-hydrogen) atoms. The Kier molecular flexibility index (Phi) is 3.96. The van der Waals surface area contributed by atoms with Crippen molar-refractivity contribution in [3.8, 4) is 22.2 Å². The van der Waals surface area contributed by atoms with Gasteiger partial charge in [0.1, 0.15) is 17.1 Å². The van der Waals surface area contributed by atoms with Gasteiger partial charge in [0.15, 0.2) is 0 Å². The number of hydrogen-bond acceptors (Lipinski definition) is 6. The Hall–Kier alpha value is -2.80. The highest BCUT2D eigenvalue weighted by Gasteiger charge is 2.18. The maximum Gasteiger partial charge on any atom is 0.255 e. The molecule has 1 aromatic carbocycles. The largest absolute Gasteiger partial charge is 0.439 e. The zero-order chi connectivity index (χ0) is 18.3. The molecule has 4 rings (SSSR count). The number of rotatable bonds is 3. The molecule has 0 atom stereocenters. The van der Waals surface area contributed by atoms with E-state index in [9.17, 15) is 0 Å². The Bertz CT molecular complexity index is 1080. The summed E-state index contributed by atoms with van der Waals surface area (Å²) < 4.78 is 7.65. The van der Waals surface area contributed by atoms with Gasteiger partial charge < -0.3 is 4.74 Å². The van der Waals surface area contributed by atoms with Crippen molar-refractivity contribution in [1.29, 1.82) is 0 Å². The molecule has 4 aromatic rings. The Balaban J connectivity index is 1.68. The predicted octanol–water partition coefficient (Wildman–Crippen LogP) is 4.65. The molecule has 0 aliphatic carbocycles. The van der Waals surface area contributed by atoms with Gasteiger partial charge in [-0.05, 0) is 19.1 Å². The molecule has 0 spiro atoms. The molecule has 0 saturated heterocycles. The third-order valence-corrected chi connectivity index (χ3v) is 4.81. The zero-order valence-corrected chi connectivity index (χ0v) is 15.9.